The largest absolute Gasteiger partial charge is 0.472 e. The molecule has 0 amide bonds. The minimum Gasteiger partial charge on any atom is -0.462 e. The van der Waals surface area contributed by atoms with Gasteiger partial charge >= 0.3 is 39.5 Å². The molecule has 0 saturated heterocycles. The fourth-order valence-corrected chi connectivity index (χ4v) is 11.9. The van der Waals surface area contributed by atoms with E-state index in [1.807, 2.05) is 0 Å². The van der Waals surface area contributed by atoms with E-state index in [9.17, 15) is 43.2 Å². The van der Waals surface area contributed by atoms with Crippen molar-refractivity contribution in [1.29, 1.82) is 0 Å². The summed E-state index contributed by atoms with van der Waals surface area (Å²) in [5.74, 6) is 0.803. The molecular formula is C69H134O17P2. The van der Waals surface area contributed by atoms with Crippen molar-refractivity contribution in [3.63, 3.8) is 0 Å². The van der Waals surface area contributed by atoms with Crippen molar-refractivity contribution in [2.45, 2.75) is 356 Å². The van der Waals surface area contributed by atoms with Crippen LogP contribution >= 0.6 is 15.6 Å². The molecule has 0 spiro atoms. The highest BCUT2D eigenvalue weighted by molar-refractivity contribution is 7.47. The predicted octanol–water partition coefficient (Wildman–Crippen LogP) is 19.3. The van der Waals surface area contributed by atoms with Crippen LogP contribution in [0.15, 0.2) is 0 Å². The number of rotatable bonds is 66. The van der Waals surface area contributed by atoms with Crippen molar-refractivity contribution in [3.8, 4) is 0 Å². The maximum Gasteiger partial charge on any atom is 0.472 e. The minimum absolute atomic E-state index is 0.103. The number of phosphoric acid groups is 2. The number of carbonyl (C=O) groups excluding carboxylic acids is 4. The van der Waals surface area contributed by atoms with Gasteiger partial charge in [0.25, 0.3) is 0 Å². The summed E-state index contributed by atoms with van der Waals surface area (Å²) in [5, 5.41) is 10.6. The highest BCUT2D eigenvalue weighted by atomic mass is 31.2. The van der Waals surface area contributed by atoms with E-state index in [0.717, 1.165) is 114 Å². The number of hydrogen-bond donors (Lipinski definition) is 3. The second-order valence-electron chi connectivity index (χ2n) is 26.8. The first-order chi connectivity index (χ1) is 42.1. The summed E-state index contributed by atoms with van der Waals surface area (Å²) in [6.07, 6.45) is 40.5. The van der Waals surface area contributed by atoms with E-state index in [2.05, 4.69) is 55.4 Å². The summed E-state index contributed by atoms with van der Waals surface area (Å²) >= 11 is 0. The number of aliphatic hydroxyl groups excluding tert-OH is 1. The summed E-state index contributed by atoms with van der Waals surface area (Å²) in [4.78, 5) is 72.4. The number of phosphoric ester groups is 2. The number of unbranched alkanes of at least 4 members (excludes halogenated alkanes) is 32. The van der Waals surface area contributed by atoms with Gasteiger partial charge in [-0.25, -0.2) is 9.13 Å². The lowest BCUT2D eigenvalue weighted by Crippen LogP contribution is -2.30. The third-order valence-electron chi connectivity index (χ3n) is 15.8. The van der Waals surface area contributed by atoms with E-state index in [1.165, 1.54) is 135 Å². The van der Waals surface area contributed by atoms with Crippen LogP contribution in [0.5, 0.6) is 0 Å². The monoisotopic (exact) mass is 1300 g/mol. The van der Waals surface area contributed by atoms with Crippen LogP contribution in [-0.2, 0) is 65.4 Å². The fraction of sp³-hybridized carbons (Fsp3) is 0.942. The molecule has 0 aliphatic carbocycles. The van der Waals surface area contributed by atoms with E-state index in [0.29, 0.717) is 31.6 Å². The average Bonchev–Trinajstić information content (AvgIpc) is 3.62. The van der Waals surface area contributed by atoms with Crippen LogP contribution in [0.3, 0.4) is 0 Å². The lowest BCUT2D eigenvalue weighted by molar-refractivity contribution is -0.161. The van der Waals surface area contributed by atoms with Crippen LogP contribution in [-0.4, -0.2) is 96.7 Å². The number of hydrogen-bond acceptors (Lipinski definition) is 15. The van der Waals surface area contributed by atoms with Gasteiger partial charge in [0.15, 0.2) is 12.2 Å². The van der Waals surface area contributed by atoms with Gasteiger partial charge in [-0.15, -0.1) is 0 Å². The molecule has 0 heterocycles. The molecule has 88 heavy (non-hydrogen) atoms. The van der Waals surface area contributed by atoms with Gasteiger partial charge in [0, 0.05) is 25.7 Å². The summed E-state index contributed by atoms with van der Waals surface area (Å²) in [7, 11) is -9.90. The Morgan fingerprint density at radius 1 is 0.284 bits per heavy atom. The number of ether oxygens (including phenoxy) is 4. The summed E-state index contributed by atoms with van der Waals surface area (Å²) < 4.78 is 68.2. The summed E-state index contributed by atoms with van der Waals surface area (Å²) in [5.41, 5.74) is 0. The Morgan fingerprint density at radius 3 is 0.705 bits per heavy atom. The van der Waals surface area contributed by atoms with Crippen molar-refractivity contribution in [2.75, 3.05) is 39.6 Å². The second-order valence-corrected chi connectivity index (χ2v) is 29.7. The molecule has 3 unspecified atom stereocenters. The standard InChI is InChI=1S/C69H134O17P2/c1-59(2)45-37-29-21-14-12-10-9-11-13-15-26-35-43-51-68(73)85-64(55-79-66(71)49-41-33-25-18-16-22-30-38-46-60(3)4)57-83-87(75,76)81-53-63(70)54-82-88(77,78)84-58-65(56-80-67(72)50-42-34-28-20-24-32-40-48-62(7)8)86-69(74)52-44-36-27-19-17-23-31-39-47-61(5)6/h59-65,70H,9-58H2,1-8H3,(H,75,76)(H,77,78)/t63?,64-,65-/m1/s1. The molecule has 0 aliphatic heterocycles. The first-order valence-electron chi connectivity index (χ1n) is 35.7. The SMILES string of the molecule is CC(C)CCCCCCCCCCCCCCCC(=O)O[C@H](COC(=O)CCCCCCCCCCC(C)C)COP(=O)(O)OCC(O)COP(=O)(O)OC[C@@H](COC(=O)CCCCCCCCCC(C)C)OC(=O)CCCCCCCCCCC(C)C. The fourth-order valence-electron chi connectivity index (χ4n) is 10.3. The van der Waals surface area contributed by atoms with Crippen LogP contribution in [0, 0.1) is 23.7 Å². The Bertz CT molecular complexity index is 1750. The number of carbonyl (C=O) groups is 4. The normalized spacial score (nSPS) is 14.3. The lowest BCUT2D eigenvalue weighted by atomic mass is 10.0. The maximum atomic E-state index is 13.0. The van der Waals surface area contributed by atoms with Gasteiger partial charge in [0.1, 0.15) is 19.3 Å². The number of esters is 4. The van der Waals surface area contributed by atoms with Crippen molar-refractivity contribution < 1.29 is 80.2 Å². The average molecular weight is 1300 g/mol. The maximum absolute atomic E-state index is 13.0. The lowest BCUT2D eigenvalue weighted by Gasteiger charge is -2.21. The predicted molar refractivity (Wildman–Crippen MR) is 354 cm³/mol. The molecule has 0 fully saturated rings. The van der Waals surface area contributed by atoms with E-state index >= 15 is 0 Å². The van der Waals surface area contributed by atoms with Gasteiger partial charge in [-0.3, -0.25) is 37.3 Å². The van der Waals surface area contributed by atoms with Crippen LogP contribution in [0.25, 0.3) is 0 Å². The molecule has 17 nitrogen and oxygen atoms in total. The smallest absolute Gasteiger partial charge is 0.462 e. The molecule has 0 rings (SSSR count). The van der Waals surface area contributed by atoms with Crippen LogP contribution < -0.4 is 0 Å². The van der Waals surface area contributed by atoms with Gasteiger partial charge in [-0.05, 0) is 49.4 Å². The van der Waals surface area contributed by atoms with Gasteiger partial charge in [-0.1, -0.05) is 287 Å². The third-order valence-corrected chi connectivity index (χ3v) is 17.7. The van der Waals surface area contributed by atoms with E-state index in [1.54, 1.807) is 0 Å². The van der Waals surface area contributed by atoms with Gasteiger partial charge in [-0.2, -0.15) is 0 Å². The summed E-state index contributed by atoms with van der Waals surface area (Å²) in [6, 6.07) is 0. The Labute approximate surface area is 537 Å². The van der Waals surface area contributed by atoms with E-state index < -0.39 is 97.5 Å². The molecule has 5 atom stereocenters. The highest BCUT2D eigenvalue weighted by Crippen LogP contribution is 2.45. The first kappa shape index (κ1) is 86.1. The van der Waals surface area contributed by atoms with Crippen LogP contribution in [0.4, 0.5) is 0 Å². The van der Waals surface area contributed by atoms with Gasteiger partial charge in [0.05, 0.1) is 26.4 Å². The van der Waals surface area contributed by atoms with Crippen LogP contribution in [0.2, 0.25) is 0 Å². The molecule has 0 aromatic heterocycles. The molecule has 0 bridgehead atoms. The Hall–Kier alpha value is -1.94. The van der Waals surface area contributed by atoms with Crippen molar-refractivity contribution in [3.05, 3.63) is 0 Å². The first-order valence-corrected chi connectivity index (χ1v) is 38.7. The Kier molecular flexibility index (Phi) is 57.6. The van der Waals surface area contributed by atoms with E-state index in [-0.39, 0.29) is 25.7 Å². The minimum atomic E-state index is -4.95. The zero-order valence-electron chi connectivity index (χ0n) is 57.3. The molecule has 3 N–H and O–H groups in total. The Morgan fingerprint density at radius 2 is 0.477 bits per heavy atom. The van der Waals surface area contributed by atoms with Gasteiger partial charge < -0.3 is 33.8 Å². The highest BCUT2D eigenvalue weighted by Gasteiger charge is 2.30. The zero-order valence-corrected chi connectivity index (χ0v) is 59.1. The number of aliphatic hydroxyl groups is 1. The quantitative estimate of drug-likeness (QED) is 0.0222. The molecule has 522 valence electrons. The zero-order chi connectivity index (χ0) is 65.4. The molecule has 0 aromatic rings. The van der Waals surface area contributed by atoms with Crippen molar-refractivity contribution >= 4 is 39.5 Å². The molecular weight excluding hydrogens is 1160 g/mol. The van der Waals surface area contributed by atoms with Crippen LogP contribution in [0.1, 0.15) is 338 Å². The second kappa shape index (κ2) is 58.8. The third kappa shape index (κ3) is 62.8. The Balaban J connectivity index is 5.24. The molecule has 19 heteroatoms. The summed E-state index contributed by atoms with van der Waals surface area (Å²) in [6.45, 7) is 14.0. The molecule has 0 aliphatic rings. The van der Waals surface area contributed by atoms with Gasteiger partial charge in [0.2, 0.25) is 0 Å². The molecule has 0 aromatic carbocycles. The van der Waals surface area contributed by atoms with Crippen molar-refractivity contribution in [1.82, 2.24) is 0 Å². The molecule has 0 saturated carbocycles. The van der Waals surface area contributed by atoms with E-state index in [4.69, 9.17) is 37.0 Å². The topological polar surface area (TPSA) is 237 Å². The molecule has 0 radical (unpaired) electrons. The van der Waals surface area contributed by atoms with Crippen molar-refractivity contribution in [2.24, 2.45) is 23.7 Å².